The number of aliphatic carboxylic acids is 1. The zero-order chi connectivity index (χ0) is 13.2. The summed E-state index contributed by atoms with van der Waals surface area (Å²) in [6.45, 7) is 5.24. The Morgan fingerprint density at radius 3 is 2.41 bits per heavy atom. The van der Waals surface area contributed by atoms with Crippen LogP contribution in [0.3, 0.4) is 0 Å². The van der Waals surface area contributed by atoms with Crippen LogP contribution in [0.4, 0.5) is 0 Å². The molecular formula is C11H14BrNO4. The lowest BCUT2D eigenvalue weighted by molar-refractivity contribution is -0.142. The van der Waals surface area contributed by atoms with E-state index < -0.39 is 23.3 Å². The van der Waals surface area contributed by atoms with Crippen LogP contribution < -0.4 is 5.32 Å². The van der Waals surface area contributed by atoms with E-state index in [0.717, 1.165) is 0 Å². The number of furan rings is 1. The monoisotopic (exact) mass is 303 g/mol. The smallest absolute Gasteiger partial charge is 0.326 e. The van der Waals surface area contributed by atoms with E-state index in [1.807, 2.05) is 0 Å². The van der Waals surface area contributed by atoms with Crippen molar-refractivity contribution in [2.75, 3.05) is 0 Å². The van der Waals surface area contributed by atoms with Crippen LogP contribution in [-0.2, 0) is 4.79 Å². The predicted molar refractivity (Wildman–Crippen MR) is 64.8 cm³/mol. The Bertz CT molecular complexity index is 433. The Labute approximate surface area is 107 Å². The topological polar surface area (TPSA) is 79.5 Å². The summed E-state index contributed by atoms with van der Waals surface area (Å²) in [6, 6.07) is 0.512. The Morgan fingerprint density at radius 1 is 1.47 bits per heavy atom. The summed E-state index contributed by atoms with van der Waals surface area (Å²) in [5.74, 6) is -1.54. The maximum atomic E-state index is 11.8. The lowest BCUT2D eigenvalue weighted by Gasteiger charge is -2.27. The molecule has 0 aliphatic heterocycles. The fraction of sp³-hybridized carbons (Fsp3) is 0.455. The molecule has 0 aliphatic carbocycles. The van der Waals surface area contributed by atoms with Gasteiger partial charge >= 0.3 is 5.97 Å². The summed E-state index contributed by atoms with van der Waals surface area (Å²) in [5.41, 5.74) is -0.293. The van der Waals surface area contributed by atoms with Gasteiger partial charge in [0.1, 0.15) is 6.04 Å². The Balaban J connectivity index is 2.86. The van der Waals surface area contributed by atoms with Crippen LogP contribution in [0.2, 0.25) is 0 Å². The fourth-order valence-electron chi connectivity index (χ4n) is 1.31. The van der Waals surface area contributed by atoms with E-state index in [4.69, 9.17) is 9.52 Å². The molecule has 1 amide bonds. The molecule has 0 fully saturated rings. The van der Waals surface area contributed by atoms with E-state index in [0.29, 0.717) is 0 Å². The molecule has 0 aliphatic rings. The number of hydrogen-bond donors (Lipinski definition) is 2. The third-order valence-electron chi connectivity index (χ3n) is 2.25. The van der Waals surface area contributed by atoms with Gasteiger partial charge in [-0.05, 0) is 27.4 Å². The minimum atomic E-state index is -1.06. The Kier molecular flexibility index (Phi) is 3.98. The summed E-state index contributed by atoms with van der Waals surface area (Å²) in [5, 5.41) is 11.5. The highest BCUT2D eigenvalue weighted by Crippen LogP contribution is 2.22. The summed E-state index contributed by atoms with van der Waals surface area (Å²) < 4.78 is 5.21. The normalized spacial score (nSPS) is 13.2. The molecule has 1 aromatic heterocycles. The van der Waals surface area contributed by atoms with E-state index in [2.05, 4.69) is 21.2 Å². The lowest BCUT2D eigenvalue weighted by atomic mass is 9.86. The van der Waals surface area contributed by atoms with Crippen molar-refractivity contribution in [1.82, 2.24) is 5.32 Å². The van der Waals surface area contributed by atoms with Gasteiger partial charge in [-0.2, -0.15) is 0 Å². The van der Waals surface area contributed by atoms with Crippen molar-refractivity contribution >= 4 is 27.8 Å². The molecule has 0 radical (unpaired) electrons. The van der Waals surface area contributed by atoms with Crippen LogP contribution in [0.5, 0.6) is 0 Å². The molecule has 5 nitrogen and oxygen atoms in total. The highest BCUT2D eigenvalue weighted by molar-refractivity contribution is 9.10. The SMILES string of the molecule is CC(C)(C)[C@@H](NC(=O)c1ccoc1Br)C(=O)O. The molecule has 94 valence electrons. The molecular weight excluding hydrogens is 290 g/mol. The first-order valence-corrected chi connectivity index (χ1v) is 5.79. The van der Waals surface area contributed by atoms with Gasteiger partial charge in [0.15, 0.2) is 4.67 Å². The number of amides is 1. The number of carbonyl (C=O) groups is 2. The molecule has 6 heteroatoms. The largest absolute Gasteiger partial charge is 0.480 e. The third kappa shape index (κ3) is 3.33. The molecule has 0 unspecified atom stereocenters. The molecule has 1 heterocycles. The number of nitrogens with one attached hydrogen (secondary N) is 1. The van der Waals surface area contributed by atoms with Crippen LogP contribution in [0.1, 0.15) is 31.1 Å². The molecule has 2 N–H and O–H groups in total. The molecule has 17 heavy (non-hydrogen) atoms. The second-order valence-corrected chi connectivity index (χ2v) is 5.44. The Morgan fingerprint density at radius 2 is 2.06 bits per heavy atom. The first-order valence-electron chi connectivity index (χ1n) is 5.00. The quantitative estimate of drug-likeness (QED) is 0.898. The van der Waals surface area contributed by atoms with E-state index in [9.17, 15) is 9.59 Å². The third-order valence-corrected chi connectivity index (χ3v) is 2.87. The molecule has 0 saturated carbocycles. The van der Waals surface area contributed by atoms with Crippen LogP contribution in [0, 0.1) is 5.41 Å². The van der Waals surface area contributed by atoms with E-state index in [-0.39, 0.29) is 10.2 Å². The first kappa shape index (κ1) is 13.8. The van der Waals surface area contributed by atoms with Crippen molar-refractivity contribution in [2.24, 2.45) is 5.41 Å². The van der Waals surface area contributed by atoms with E-state index in [1.165, 1.54) is 12.3 Å². The first-order chi connectivity index (χ1) is 7.73. The Hall–Kier alpha value is -1.30. The minimum Gasteiger partial charge on any atom is -0.480 e. The van der Waals surface area contributed by atoms with E-state index in [1.54, 1.807) is 20.8 Å². The highest BCUT2D eigenvalue weighted by atomic mass is 79.9. The van der Waals surface area contributed by atoms with Crippen LogP contribution in [0.25, 0.3) is 0 Å². The zero-order valence-corrected chi connectivity index (χ0v) is 11.4. The highest BCUT2D eigenvalue weighted by Gasteiger charge is 2.33. The predicted octanol–water partition coefficient (Wildman–Crippen LogP) is 2.27. The van der Waals surface area contributed by atoms with Crippen LogP contribution in [-0.4, -0.2) is 23.0 Å². The number of carboxylic acid groups (broad SMARTS) is 1. The van der Waals surface area contributed by atoms with E-state index >= 15 is 0 Å². The maximum Gasteiger partial charge on any atom is 0.326 e. The molecule has 1 atom stereocenters. The number of carboxylic acids is 1. The zero-order valence-electron chi connectivity index (χ0n) is 9.78. The van der Waals surface area contributed by atoms with Crippen LogP contribution >= 0.6 is 15.9 Å². The number of halogens is 1. The van der Waals surface area contributed by atoms with Crippen molar-refractivity contribution in [3.8, 4) is 0 Å². The minimum absolute atomic E-state index is 0.278. The van der Waals surface area contributed by atoms with Gasteiger partial charge in [-0.1, -0.05) is 20.8 Å². The van der Waals surface area contributed by atoms with Gasteiger partial charge in [0, 0.05) is 0 Å². The molecule has 1 rings (SSSR count). The summed E-state index contributed by atoms with van der Waals surface area (Å²) in [6.07, 6.45) is 1.35. The van der Waals surface area contributed by atoms with Crippen molar-refractivity contribution < 1.29 is 19.1 Å². The van der Waals surface area contributed by atoms with Crippen molar-refractivity contribution in [3.63, 3.8) is 0 Å². The number of hydrogen-bond acceptors (Lipinski definition) is 3. The second kappa shape index (κ2) is 4.91. The van der Waals surface area contributed by atoms with Gasteiger partial charge < -0.3 is 14.8 Å². The average molecular weight is 304 g/mol. The fourth-order valence-corrected chi connectivity index (χ4v) is 1.73. The molecule has 1 aromatic rings. The second-order valence-electron chi connectivity index (χ2n) is 4.72. The van der Waals surface area contributed by atoms with Crippen molar-refractivity contribution in [2.45, 2.75) is 26.8 Å². The molecule has 0 spiro atoms. The standard InChI is InChI=1S/C11H14BrNO4/c1-11(2,3)7(10(15)16)13-9(14)6-4-5-17-8(6)12/h4-5,7H,1-3H3,(H,13,14)(H,15,16)/t7-/m0/s1. The molecule has 0 aromatic carbocycles. The van der Waals surface area contributed by atoms with Crippen LogP contribution in [0.15, 0.2) is 21.4 Å². The van der Waals surface area contributed by atoms with Gasteiger partial charge in [-0.3, -0.25) is 4.79 Å². The number of rotatable bonds is 3. The maximum absolute atomic E-state index is 11.8. The van der Waals surface area contributed by atoms with Crippen molar-refractivity contribution in [1.29, 1.82) is 0 Å². The summed E-state index contributed by atoms with van der Waals surface area (Å²) in [7, 11) is 0. The van der Waals surface area contributed by atoms with Gasteiger partial charge in [-0.15, -0.1) is 0 Å². The average Bonchev–Trinajstić information content (AvgIpc) is 2.58. The summed E-state index contributed by atoms with van der Waals surface area (Å²) >= 11 is 3.07. The summed E-state index contributed by atoms with van der Waals surface area (Å²) in [4.78, 5) is 22.9. The van der Waals surface area contributed by atoms with Gasteiger partial charge in [-0.25, -0.2) is 4.79 Å². The number of carbonyl (C=O) groups excluding carboxylic acids is 1. The molecule has 0 saturated heterocycles. The van der Waals surface area contributed by atoms with Gasteiger partial charge in [0.05, 0.1) is 11.8 Å². The molecule has 0 bridgehead atoms. The van der Waals surface area contributed by atoms with Gasteiger partial charge in [0.2, 0.25) is 0 Å². The lowest BCUT2D eigenvalue weighted by Crippen LogP contribution is -2.49. The van der Waals surface area contributed by atoms with Crippen molar-refractivity contribution in [3.05, 3.63) is 22.6 Å². The van der Waals surface area contributed by atoms with Gasteiger partial charge in [0.25, 0.3) is 5.91 Å².